The first-order valence-corrected chi connectivity index (χ1v) is 13.8. The van der Waals surface area contributed by atoms with Crippen LogP contribution in [0.4, 0.5) is 5.69 Å². The first-order valence-electron chi connectivity index (χ1n) is 12.0. The van der Waals surface area contributed by atoms with Crippen molar-refractivity contribution in [2.45, 2.75) is 52.4 Å². The summed E-state index contributed by atoms with van der Waals surface area (Å²) in [5, 5.41) is 15.5. The van der Waals surface area contributed by atoms with Gasteiger partial charge >= 0.3 is 0 Å². The second-order valence-electron chi connectivity index (χ2n) is 9.10. The van der Waals surface area contributed by atoms with Gasteiger partial charge in [-0.25, -0.2) is 0 Å². The molecule has 0 fully saturated rings. The Hall–Kier alpha value is -3.05. The summed E-state index contributed by atoms with van der Waals surface area (Å²) in [4.78, 5) is 25.8. The Kier molecular flexibility index (Phi) is 8.43. The van der Waals surface area contributed by atoms with E-state index in [0.29, 0.717) is 34.6 Å². The molecule has 11 heteroatoms. The zero-order chi connectivity index (χ0) is 26.7. The summed E-state index contributed by atoms with van der Waals surface area (Å²) < 4.78 is 13.7. The Morgan fingerprint density at radius 1 is 1.11 bits per heavy atom. The standard InChI is InChI=1S/C26H30BrN5O4S/c1-6-32-24(22(14(2)3)29-25(34)17-7-8-19-20(11-17)36-13-35-19)30-31-26(32)37-12-21(33)28-23-15(4)9-18(27)10-16(23)5/h7-11,14,22H,6,12-13H2,1-5H3,(H,28,33)(H,29,34). The highest BCUT2D eigenvalue weighted by Gasteiger charge is 2.27. The monoisotopic (exact) mass is 587 g/mol. The number of hydrogen-bond donors (Lipinski definition) is 2. The van der Waals surface area contributed by atoms with Crippen molar-refractivity contribution in [3.8, 4) is 11.5 Å². The minimum Gasteiger partial charge on any atom is -0.454 e. The number of anilines is 1. The molecule has 2 N–H and O–H groups in total. The van der Waals surface area contributed by atoms with E-state index in [2.05, 4.69) is 36.8 Å². The van der Waals surface area contributed by atoms with E-state index in [9.17, 15) is 9.59 Å². The van der Waals surface area contributed by atoms with Crippen molar-refractivity contribution in [1.82, 2.24) is 20.1 Å². The number of aromatic nitrogens is 3. The molecule has 0 saturated carbocycles. The highest BCUT2D eigenvalue weighted by molar-refractivity contribution is 9.10. The van der Waals surface area contributed by atoms with Gasteiger partial charge in [-0.1, -0.05) is 41.5 Å². The summed E-state index contributed by atoms with van der Waals surface area (Å²) in [6, 6.07) is 8.68. The third-order valence-electron chi connectivity index (χ3n) is 6.02. The van der Waals surface area contributed by atoms with Crippen molar-refractivity contribution >= 4 is 45.2 Å². The molecule has 0 saturated heterocycles. The van der Waals surface area contributed by atoms with Gasteiger partial charge in [0.1, 0.15) is 0 Å². The first-order chi connectivity index (χ1) is 17.7. The number of thioether (sulfide) groups is 1. The smallest absolute Gasteiger partial charge is 0.252 e. The lowest BCUT2D eigenvalue weighted by Gasteiger charge is -2.22. The van der Waals surface area contributed by atoms with Crippen LogP contribution in [0.1, 0.15) is 54.1 Å². The summed E-state index contributed by atoms with van der Waals surface area (Å²) in [7, 11) is 0. The quantitative estimate of drug-likeness (QED) is 0.328. The van der Waals surface area contributed by atoms with Crippen LogP contribution in [0.15, 0.2) is 40.0 Å². The van der Waals surface area contributed by atoms with E-state index in [0.717, 1.165) is 21.3 Å². The van der Waals surface area contributed by atoms with Gasteiger partial charge in [-0.3, -0.25) is 9.59 Å². The SMILES string of the molecule is CCn1c(SCC(=O)Nc2c(C)cc(Br)cc2C)nnc1C(NC(=O)c1ccc2c(c1)OCO2)C(C)C. The Morgan fingerprint density at radius 3 is 2.49 bits per heavy atom. The van der Waals surface area contributed by atoms with Gasteiger partial charge < -0.3 is 24.7 Å². The van der Waals surface area contributed by atoms with Crippen molar-refractivity contribution in [2.75, 3.05) is 17.9 Å². The van der Waals surface area contributed by atoms with Crippen LogP contribution in [-0.2, 0) is 11.3 Å². The molecule has 1 aliphatic rings. The molecule has 2 heterocycles. The second kappa shape index (κ2) is 11.6. The average molecular weight is 589 g/mol. The molecule has 1 aliphatic heterocycles. The van der Waals surface area contributed by atoms with Crippen LogP contribution in [0.2, 0.25) is 0 Å². The number of aryl methyl sites for hydroxylation is 2. The van der Waals surface area contributed by atoms with Gasteiger partial charge in [0, 0.05) is 22.3 Å². The number of carbonyl (C=O) groups excluding carboxylic acids is 2. The molecule has 1 aromatic heterocycles. The van der Waals surface area contributed by atoms with E-state index < -0.39 is 0 Å². The van der Waals surface area contributed by atoms with Crippen LogP contribution < -0.4 is 20.1 Å². The number of amides is 2. The number of hydrogen-bond acceptors (Lipinski definition) is 7. The Labute approximate surface area is 228 Å². The van der Waals surface area contributed by atoms with Crippen LogP contribution in [0.25, 0.3) is 0 Å². The molecule has 2 amide bonds. The van der Waals surface area contributed by atoms with Gasteiger partial charge in [0.15, 0.2) is 22.5 Å². The predicted octanol–water partition coefficient (Wildman–Crippen LogP) is 5.26. The fourth-order valence-electron chi connectivity index (χ4n) is 4.14. The number of nitrogens with one attached hydrogen (secondary N) is 2. The molecule has 3 aromatic rings. The number of carbonyl (C=O) groups is 2. The molecule has 1 atom stereocenters. The third-order valence-corrected chi connectivity index (χ3v) is 7.45. The number of halogens is 1. The highest BCUT2D eigenvalue weighted by atomic mass is 79.9. The van der Waals surface area contributed by atoms with Gasteiger partial charge in [0.2, 0.25) is 12.7 Å². The number of benzene rings is 2. The largest absolute Gasteiger partial charge is 0.454 e. The Balaban J connectivity index is 1.46. The Bertz CT molecular complexity index is 1300. The van der Waals surface area contributed by atoms with Crippen LogP contribution >= 0.6 is 27.7 Å². The zero-order valence-corrected chi connectivity index (χ0v) is 23.8. The van der Waals surface area contributed by atoms with E-state index in [4.69, 9.17) is 9.47 Å². The maximum atomic E-state index is 13.1. The lowest BCUT2D eigenvalue weighted by Crippen LogP contribution is -2.33. The van der Waals surface area contributed by atoms with E-state index in [-0.39, 0.29) is 36.3 Å². The van der Waals surface area contributed by atoms with Crippen molar-refractivity contribution in [3.63, 3.8) is 0 Å². The van der Waals surface area contributed by atoms with Crippen LogP contribution in [-0.4, -0.2) is 39.1 Å². The minimum atomic E-state index is -0.374. The first kappa shape index (κ1) is 27.0. The average Bonchev–Trinajstić information content (AvgIpc) is 3.49. The molecule has 37 heavy (non-hydrogen) atoms. The van der Waals surface area contributed by atoms with Crippen molar-refractivity contribution in [3.05, 3.63) is 57.3 Å². The molecule has 196 valence electrons. The number of rotatable bonds is 9. The molecule has 2 aromatic carbocycles. The van der Waals surface area contributed by atoms with E-state index in [1.807, 2.05) is 51.3 Å². The van der Waals surface area contributed by atoms with Crippen molar-refractivity contribution in [2.24, 2.45) is 5.92 Å². The summed E-state index contributed by atoms with van der Waals surface area (Å²) in [6.45, 7) is 10.7. The lowest BCUT2D eigenvalue weighted by molar-refractivity contribution is -0.113. The molecule has 1 unspecified atom stereocenters. The normalized spacial score (nSPS) is 13.1. The summed E-state index contributed by atoms with van der Waals surface area (Å²) in [5.41, 5.74) is 3.27. The van der Waals surface area contributed by atoms with Gasteiger partial charge in [0.25, 0.3) is 5.91 Å². The molecule has 4 rings (SSSR count). The van der Waals surface area contributed by atoms with Crippen LogP contribution in [0.3, 0.4) is 0 Å². The molecule has 0 aliphatic carbocycles. The van der Waals surface area contributed by atoms with E-state index >= 15 is 0 Å². The van der Waals surface area contributed by atoms with Gasteiger partial charge in [-0.05, 0) is 68.1 Å². The minimum absolute atomic E-state index is 0.0527. The predicted molar refractivity (Wildman–Crippen MR) is 146 cm³/mol. The van der Waals surface area contributed by atoms with Gasteiger partial charge in [-0.2, -0.15) is 0 Å². The maximum Gasteiger partial charge on any atom is 0.252 e. The fourth-order valence-corrected chi connectivity index (χ4v) is 5.64. The molecule has 0 spiro atoms. The number of fused-ring (bicyclic) bond motifs is 1. The third kappa shape index (κ3) is 6.10. The van der Waals surface area contributed by atoms with Gasteiger partial charge in [0.05, 0.1) is 11.8 Å². The second-order valence-corrected chi connectivity index (χ2v) is 11.0. The lowest BCUT2D eigenvalue weighted by atomic mass is 10.0. The van der Waals surface area contributed by atoms with Crippen LogP contribution in [0, 0.1) is 19.8 Å². The van der Waals surface area contributed by atoms with Crippen LogP contribution in [0.5, 0.6) is 11.5 Å². The summed E-state index contributed by atoms with van der Waals surface area (Å²) in [6.07, 6.45) is 0. The zero-order valence-electron chi connectivity index (χ0n) is 21.4. The number of nitrogens with zero attached hydrogens (tertiary/aromatic N) is 3. The summed E-state index contributed by atoms with van der Waals surface area (Å²) in [5.74, 6) is 1.70. The molecule has 0 bridgehead atoms. The van der Waals surface area contributed by atoms with Crippen molar-refractivity contribution < 1.29 is 19.1 Å². The number of ether oxygens (including phenoxy) is 2. The highest BCUT2D eigenvalue weighted by Crippen LogP contribution is 2.33. The Morgan fingerprint density at radius 2 is 1.81 bits per heavy atom. The van der Waals surface area contributed by atoms with E-state index in [1.165, 1.54) is 11.8 Å². The topological polar surface area (TPSA) is 107 Å². The van der Waals surface area contributed by atoms with Crippen molar-refractivity contribution in [1.29, 1.82) is 0 Å². The molecule has 9 nitrogen and oxygen atoms in total. The summed E-state index contributed by atoms with van der Waals surface area (Å²) >= 11 is 4.80. The van der Waals surface area contributed by atoms with Gasteiger partial charge in [-0.15, -0.1) is 10.2 Å². The molecular weight excluding hydrogens is 558 g/mol. The fraction of sp³-hybridized carbons (Fsp3) is 0.385. The maximum absolute atomic E-state index is 13.1. The van der Waals surface area contributed by atoms with E-state index in [1.54, 1.807) is 18.2 Å². The molecule has 0 radical (unpaired) electrons. The molecular formula is C26H30BrN5O4S.